The van der Waals surface area contributed by atoms with Crippen LogP contribution >= 0.6 is 21.6 Å². The fourth-order valence-electron chi connectivity index (χ4n) is 3.86. The summed E-state index contributed by atoms with van der Waals surface area (Å²) >= 11 is 0. The Morgan fingerprint density at radius 2 is 1.76 bits per heavy atom. The van der Waals surface area contributed by atoms with Crippen molar-refractivity contribution in [3.8, 4) is 0 Å². The van der Waals surface area contributed by atoms with Crippen LogP contribution in [0.3, 0.4) is 0 Å². The van der Waals surface area contributed by atoms with Crippen LogP contribution in [0.5, 0.6) is 0 Å². The predicted molar refractivity (Wildman–Crippen MR) is 153 cm³/mol. The summed E-state index contributed by atoms with van der Waals surface area (Å²) in [4.78, 5) is 36.2. The van der Waals surface area contributed by atoms with Gasteiger partial charge >= 0.3 is 0 Å². The third kappa shape index (κ3) is 13.2. The molecule has 1 aromatic carbocycles. The molecule has 0 bridgehead atoms. The van der Waals surface area contributed by atoms with E-state index in [1.54, 1.807) is 31.2 Å². The first-order valence-electron chi connectivity index (χ1n) is 13.2. The average Bonchev–Trinajstić information content (AvgIpc) is 3.44. The first kappa shape index (κ1) is 32.2. The second-order valence-corrected chi connectivity index (χ2v) is 12.3. The molecular weight excluding hydrogens is 528 g/mol. The number of benzene rings is 1. The van der Waals surface area contributed by atoms with Crippen molar-refractivity contribution in [2.24, 2.45) is 5.92 Å². The molecular formula is C26H42N4O6S2. The van der Waals surface area contributed by atoms with Crippen LogP contribution in [0, 0.1) is 5.92 Å². The minimum absolute atomic E-state index is 0.0775. The first-order chi connectivity index (χ1) is 18.3. The van der Waals surface area contributed by atoms with Crippen molar-refractivity contribution in [3.63, 3.8) is 0 Å². The van der Waals surface area contributed by atoms with Gasteiger partial charge in [0.05, 0.1) is 25.4 Å². The van der Waals surface area contributed by atoms with Crippen molar-refractivity contribution in [1.29, 1.82) is 0 Å². The molecule has 1 aliphatic heterocycles. The van der Waals surface area contributed by atoms with Gasteiger partial charge in [-0.05, 0) is 55.9 Å². The molecule has 0 radical (unpaired) electrons. The number of unbranched alkanes of at least 4 members (excludes halogenated alkanes) is 1. The quantitative estimate of drug-likeness (QED) is 0.103. The van der Waals surface area contributed by atoms with Crippen molar-refractivity contribution in [2.75, 3.05) is 43.9 Å². The molecule has 7 N–H and O–H groups in total. The van der Waals surface area contributed by atoms with Crippen LogP contribution in [0.25, 0.3) is 0 Å². The number of hydrogen-bond donors (Lipinski definition) is 7. The number of rotatable bonds is 18. The number of aliphatic hydroxyl groups excluding tert-OH is 3. The third-order valence-electron chi connectivity index (χ3n) is 6.26. The van der Waals surface area contributed by atoms with Crippen LogP contribution in [-0.2, 0) is 9.59 Å². The van der Waals surface area contributed by atoms with Gasteiger partial charge in [0, 0.05) is 48.3 Å². The molecule has 1 fully saturated rings. The third-order valence-corrected chi connectivity index (χ3v) is 9.27. The lowest BCUT2D eigenvalue weighted by molar-refractivity contribution is -0.126. The van der Waals surface area contributed by atoms with E-state index in [0.717, 1.165) is 24.9 Å². The number of carbonyl (C=O) groups excluding carboxylic acids is 3. The number of nitrogens with one attached hydrogen (secondary N) is 4. The summed E-state index contributed by atoms with van der Waals surface area (Å²) in [6.07, 6.45) is 3.42. The van der Waals surface area contributed by atoms with Gasteiger partial charge in [-0.3, -0.25) is 14.4 Å². The summed E-state index contributed by atoms with van der Waals surface area (Å²) in [6.45, 7) is 2.15. The van der Waals surface area contributed by atoms with Gasteiger partial charge in [-0.2, -0.15) is 0 Å². The van der Waals surface area contributed by atoms with Crippen LogP contribution in [-0.4, -0.2) is 89.0 Å². The van der Waals surface area contributed by atoms with Gasteiger partial charge in [0.2, 0.25) is 11.8 Å². The summed E-state index contributed by atoms with van der Waals surface area (Å²) in [6, 6.07) is 6.77. The molecule has 0 spiro atoms. The Morgan fingerprint density at radius 1 is 1.03 bits per heavy atom. The fraction of sp³-hybridized carbons (Fsp3) is 0.654. The second kappa shape index (κ2) is 18.3. The highest BCUT2D eigenvalue weighted by molar-refractivity contribution is 8.77. The van der Waals surface area contributed by atoms with Crippen LogP contribution in [0.4, 0.5) is 5.69 Å². The summed E-state index contributed by atoms with van der Waals surface area (Å²) in [5.41, 5.74) is 1.19. The Bertz CT molecular complexity index is 855. The van der Waals surface area contributed by atoms with Crippen LogP contribution in [0.1, 0.15) is 55.8 Å². The molecule has 4 atom stereocenters. The Balaban J connectivity index is 1.54. The van der Waals surface area contributed by atoms with E-state index in [1.807, 2.05) is 21.6 Å². The van der Waals surface area contributed by atoms with E-state index in [0.29, 0.717) is 23.7 Å². The van der Waals surface area contributed by atoms with Gasteiger partial charge in [0.1, 0.15) is 0 Å². The van der Waals surface area contributed by atoms with Gasteiger partial charge in [-0.15, -0.1) is 0 Å². The average molecular weight is 571 g/mol. The maximum atomic E-state index is 12.3. The lowest BCUT2D eigenvalue weighted by Crippen LogP contribution is -2.40. The van der Waals surface area contributed by atoms with Crippen molar-refractivity contribution >= 4 is 45.0 Å². The molecule has 0 saturated carbocycles. The molecule has 214 valence electrons. The minimum Gasteiger partial charge on any atom is -0.394 e. The Kier molecular flexibility index (Phi) is 15.5. The Labute approximate surface area is 232 Å². The number of hydrogen-bond acceptors (Lipinski definition) is 9. The number of carbonyl (C=O) groups is 3. The number of anilines is 1. The lowest BCUT2D eigenvalue weighted by atomic mass is 9.97. The highest BCUT2D eigenvalue weighted by Gasteiger charge is 2.18. The number of amides is 3. The second-order valence-electron chi connectivity index (χ2n) is 9.53. The topological polar surface area (TPSA) is 160 Å². The van der Waals surface area contributed by atoms with E-state index < -0.39 is 12.2 Å². The van der Waals surface area contributed by atoms with E-state index in [1.165, 1.54) is 12.2 Å². The number of aliphatic hydroxyl groups is 3. The molecule has 2 rings (SSSR count). The van der Waals surface area contributed by atoms with Crippen molar-refractivity contribution < 1.29 is 29.7 Å². The van der Waals surface area contributed by atoms with Gasteiger partial charge in [-0.1, -0.05) is 34.9 Å². The molecule has 1 aliphatic rings. The molecule has 0 aromatic heterocycles. The molecule has 12 heteroatoms. The summed E-state index contributed by atoms with van der Waals surface area (Å²) in [7, 11) is 3.87. The van der Waals surface area contributed by atoms with Gasteiger partial charge in [0.25, 0.3) is 5.91 Å². The van der Waals surface area contributed by atoms with Crippen LogP contribution < -0.4 is 21.3 Å². The highest BCUT2D eigenvalue weighted by Crippen LogP contribution is 2.39. The van der Waals surface area contributed by atoms with E-state index in [2.05, 4.69) is 21.3 Å². The van der Waals surface area contributed by atoms with Crippen molar-refractivity contribution in [3.05, 3.63) is 29.8 Å². The van der Waals surface area contributed by atoms with E-state index in [-0.39, 0.29) is 56.4 Å². The van der Waals surface area contributed by atoms with E-state index in [4.69, 9.17) is 5.11 Å². The maximum absolute atomic E-state index is 12.3. The largest absolute Gasteiger partial charge is 0.394 e. The monoisotopic (exact) mass is 570 g/mol. The molecule has 10 nitrogen and oxygen atoms in total. The Morgan fingerprint density at radius 3 is 2.45 bits per heavy atom. The van der Waals surface area contributed by atoms with Gasteiger partial charge in [-0.25, -0.2) is 0 Å². The van der Waals surface area contributed by atoms with Crippen LogP contribution in [0.2, 0.25) is 0 Å². The normalized spacial score (nSPS) is 17.3. The molecule has 3 amide bonds. The SMILES string of the molecule is CC(CC(O)CO)C(O)CNc1ccc(C(=O)NCCNC(=O)CNC(=O)CCCCC2CCSS2)cc1. The maximum Gasteiger partial charge on any atom is 0.251 e. The zero-order valence-electron chi connectivity index (χ0n) is 22.0. The van der Waals surface area contributed by atoms with Crippen molar-refractivity contribution in [1.82, 2.24) is 16.0 Å². The zero-order chi connectivity index (χ0) is 27.8. The standard InChI is InChI=1S/C26H42N4O6S2/c1-18(14-21(32)17-31)23(33)15-29-20-8-6-19(7-9-20)26(36)28-12-11-27-25(35)16-30-24(34)5-3-2-4-22-10-13-37-38-22/h6-9,18,21-23,29,31-33H,2-5,10-17H2,1H3,(H,27,35)(H,28,36)(H,30,34). The smallest absolute Gasteiger partial charge is 0.251 e. The molecule has 38 heavy (non-hydrogen) atoms. The van der Waals surface area contributed by atoms with E-state index in [9.17, 15) is 24.6 Å². The lowest BCUT2D eigenvalue weighted by Gasteiger charge is -2.21. The van der Waals surface area contributed by atoms with Gasteiger partial charge in [0.15, 0.2) is 0 Å². The molecule has 1 saturated heterocycles. The highest BCUT2D eigenvalue weighted by atomic mass is 33.1. The van der Waals surface area contributed by atoms with Crippen molar-refractivity contribution in [2.45, 2.75) is 62.9 Å². The molecule has 1 aromatic rings. The van der Waals surface area contributed by atoms with E-state index >= 15 is 0 Å². The molecule has 0 aliphatic carbocycles. The molecule has 1 heterocycles. The Hall–Kier alpha value is -1.99. The zero-order valence-corrected chi connectivity index (χ0v) is 23.6. The summed E-state index contributed by atoms with van der Waals surface area (Å²) in [5.74, 6) is 0.323. The summed E-state index contributed by atoms with van der Waals surface area (Å²) in [5, 5.41) is 40.5. The van der Waals surface area contributed by atoms with Gasteiger partial charge < -0.3 is 36.6 Å². The minimum atomic E-state index is -0.851. The molecule has 4 unspecified atom stereocenters. The summed E-state index contributed by atoms with van der Waals surface area (Å²) < 4.78 is 0. The van der Waals surface area contributed by atoms with Crippen LogP contribution in [0.15, 0.2) is 24.3 Å². The predicted octanol–water partition coefficient (Wildman–Crippen LogP) is 1.52. The fourth-order valence-corrected chi connectivity index (χ4v) is 6.88. The first-order valence-corrected chi connectivity index (χ1v) is 15.6.